The lowest BCUT2D eigenvalue weighted by Gasteiger charge is -2.29. The summed E-state index contributed by atoms with van der Waals surface area (Å²) in [5, 5.41) is 8.95. The number of likely N-dealkylation sites (N-methyl/N-ethyl adjacent to an activating group) is 1. The summed E-state index contributed by atoms with van der Waals surface area (Å²) in [6.07, 6.45) is 1.98. The SMILES string of the molecule is CN1CC(NS(=O)(=O)c2cc(C(=O)O)n(C)c2)CCC1=O. The number of aromatic carboxylic acids is 1. The molecule has 9 heteroatoms. The van der Waals surface area contributed by atoms with Crippen molar-refractivity contribution in [1.29, 1.82) is 0 Å². The zero-order chi connectivity index (χ0) is 15.8. The van der Waals surface area contributed by atoms with E-state index in [1.165, 1.54) is 22.7 Å². The van der Waals surface area contributed by atoms with Crippen LogP contribution in [0.25, 0.3) is 0 Å². The fraction of sp³-hybridized carbons (Fsp3) is 0.500. The lowest BCUT2D eigenvalue weighted by atomic mass is 10.1. The monoisotopic (exact) mass is 315 g/mol. The van der Waals surface area contributed by atoms with Crippen LogP contribution in [0.1, 0.15) is 23.3 Å². The number of aromatic nitrogens is 1. The van der Waals surface area contributed by atoms with Crippen LogP contribution in [-0.2, 0) is 21.9 Å². The molecule has 116 valence electrons. The van der Waals surface area contributed by atoms with Crippen molar-refractivity contribution < 1.29 is 23.1 Å². The predicted molar refractivity (Wildman–Crippen MR) is 73.4 cm³/mol. The van der Waals surface area contributed by atoms with E-state index in [4.69, 9.17) is 5.11 Å². The zero-order valence-corrected chi connectivity index (χ0v) is 12.6. The van der Waals surface area contributed by atoms with Crippen LogP contribution in [0.3, 0.4) is 0 Å². The van der Waals surface area contributed by atoms with Crippen molar-refractivity contribution in [2.24, 2.45) is 7.05 Å². The molecular formula is C12H17N3O5S. The van der Waals surface area contributed by atoms with E-state index < -0.39 is 16.0 Å². The van der Waals surface area contributed by atoms with Gasteiger partial charge in [-0.25, -0.2) is 17.9 Å². The number of aryl methyl sites for hydroxylation is 1. The molecule has 1 aliphatic rings. The number of hydrogen-bond acceptors (Lipinski definition) is 4. The highest BCUT2D eigenvalue weighted by Gasteiger charge is 2.28. The highest BCUT2D eigenvalue weighted by molar-refractivity contribution is 7.89. The molecule has 8 nitrogen and oxygen atoms in total. The molecule has 21 heavy (non-hydrogen) atoms. The average Bonchev–Trinajstić information content (AvgIpc) is 2.77. The summed E-state index contributed by atoms with van der Waals surface area (Å²) in [7, 11) is -0.721. The van der Waals surface area contributed by atoms with Gasteiger partial charge in [0.2, 0.25) is 15.9 Å². The number of piperidine rings is 1. The number of sulfonamides is 1. The highest BCUT2D eigenvalue weighted by atomic mass is 32.2. The maximum atomic E-state index is 12.3. The van der Waals surface area contributed by atoms with Crippen LogP contribution < -0.4 is 4.72 Å². The number of carbonyl (C=O) groups is 2. The normalized spacial score (nSPS) is 19.8. The minimum Gasteiger partial charge on any atom is -0.477 e. The molecule has 0 spiro atoms. The van der Waals surface area contributed by atoms with E-state index in [1.807, 2.05) is 0 Å². The van der Waals surface area contributed by atoms with Crippen molar-refractivity contribution in [3.05, 3.63) is 18.0 Å². The van der Waals surface area contributed by atoms with Gasteiger partial charge in [0, 0.05) is 39.3 Å². The van der Waals surface area contributed by atoms with Gasteiger partial charge in [0.05, 0.1) is 0 Å². The number of hydrogen-bond donors (Lipinski definition) is 2. The molecule has 1 aromatic rings. The van der Waals surface area contributed by atoms with Gasteiger partial charge in [-0.05, 0) is 12.5 Å². The Hall–Kier alpha value is -1.87. The second kappa shape index (κ2) is 5.49. The van der Waals surface area contributed by atoms with Gasteiger partial charge in [0.25, 0.3) is 0 Å². The Balaban J connectivity index is 2.17. The number of likely N-dealkylation sites (tertiary alicyclic amines) is 1. The van der Waals surface area contributed by atoms with Gasteiger partial charge in [-0.3, -0.25) is 4.79 Å². The summed E-state index contributed by atoms with van der Waals surface area (Å²) in [6.45, 7) is 0.302. The number of carbonyl (C=O) groups excluding carboxylic acids is 1. The lowest BCUT2D eigenvalue weighted by Crippen LogP contribution is -2.48. The number of amides is 1. The van der Waals surface area contributed by atoms with Crippen molar-refractivity contribution in [3.63, 3.8) is 0 Å². The highest BCUT2D eigenvalue weighted by Crippen LogP contribution is 2.17. The summed E-state index contributed by atoms with van der Waals surface area (Å²) < 4.78 is 28.3. The predicted octanol–water partition coefficient (Wildman–Crippen LogP) is -0.378. The standard InChI is InChI=1S/C12H17N3O5S/c1-14-7-9(5-10(14)12(17)18)21(19,20)13-8-3-4-11(16)15(2)6-8/h5,7-8,13H,3-4,6H2,1-2H3,(H,17,18). The lowest BCUT2D eigenvalue weighted by molar-refractivity contribution is -0.132. The van der Waals surface area contributed by atoms with Crippen molar-refractivity contribution in [2.45, 2.75) is 23.8 Å². The van der Waals surface area contributed by atoms with Crippen molar-refractivity contribution in [3.8, 4) is 0 Å². The Kier molecular flexibility index (Phi) is 4.06. The summed E-state index contributed by atoms with van der Waals surface area (Å²) in [4.78, 5) is 23.7. The first-order valence-electron chi connectivity index (χ1n) is 6.36. The van der Waals surface area contributed by atoms with Gasteiger partial charge >= 0.3 is 5.97 Å². The molecule has 2 heterocycles. The smallest absolute Gasteiger partial charge is 0.352 e. The third-order valence-electron chi connectivity index (χ3n) is 3.46. The molecule has 1 amide bonds. The van der Waals surface area contributed by atoms with Crippen LogP contribution in [-0.4, -0.2) is 54.5 Å². The summed E-state index contributed by atoms with van der Waals surface area (Å²) in [5.41, 5.74) is -0.105. The van der Waals surface area contributed by atoms with Gasteiger partial charge in [-0.2, -0.15) is 0 Å². The van der Waals surface area contributed by atoms with E-state index in [0.717, 1.165) is 6.07 Å². The van der Waals surface area contributed by atoms with Crippen molar-refractivity contribution >= 4 is 21.9 Å². The fourth-order valence-corrected chi connectivity index (χ4v) is 3.62. The molecule has 1 fully saturated rings. The first-order valence-corrected chi connectivity index (χ1v) is 7.85. The minimum atomic E-state index is -3.81. The summed E-state index contributed by atoms with van der Waals surface area (Å²) >= 11 is 0. The maximum absolute atomic E-state index is 12.3. The molecule has 0 bridgehead atoms. The molecule has 2 rings (SSSR count). The summed E-state index contributed by atoms with van der Waals surface area (Å²) in [6, 6.07) is 0.744. The zero-order valence-electron chi connectivity index (χ0n) is 11.7. The van der Waals surface area contributed by atoms with Crippen LogP contribution in [0.15, 0.2) is 17.2 Å². The minimum absolute atomic E-state index is 0.0154. The quantitative estimate of drug-likeness (QED) is 0.787. The molecule has 1 saturated heterocycles. The number of nitrogens with one attached hydrogen (secondary N) is 1. The third kappa shape index (κ3) is 3.24. The number of carboxylic acid groups (broad SMARTS) is 1. The first kappa shape index (κ1) is 15.5. The van der Waals surface area contributed by atoms with E-state index in [-0.39, 0.29) is 22.5 Å². The molecule has 0 aliphatic carbocycles. The van der Waals surface area contributed by atoms with Crippen LogP contribution in [0.5, 0.6) is 0 Å². The van der Waals surface area contributed by atoms with Crippen LogP contribution in [0.4, 0.5) is 0 Å². The largest absolute Gasteiger partial charge is 0.477 e. The second-order valence-corrected chi connectivity index (χ2v) is 6.82. The Morgan fingerprint density at radius 3 is 2.62 bits per heavy atom. The topological polar surface area (TPSA) is 109 Å². The number of nitrogens with zero attached hydrogens (tertiary/aromatic N) is 2. The Labute approximate surface area is 122 Å². The number of carboxylic acids is 1. The van der Waals surface area contributed by atoms with Gasteiger partial charge in [0.15, 0.2) is 0 Å². The third-order valence-corrected chi connectivity index (χ3v) is 4.95. The van der Waals surface area contributed by atoms with Gasteiger partial charge < -0.3 is 14.6 Å². The maximum Gasteiger partial charge on any atom is 0.352 e. The fourth-order valence-electron chi connectivity index (χ4n) is 2.29. The average molecular weight is 315 g/mol. The molecule has 1 atom stereocenters. The van der Waals surface area contributed by atoms with Crippen molar-refractivity contribution in [1.82, 2.24) is 14.2 Å². The molecule has 1 unspecified atom stereocenters. The molecular weight excluding hydrogens is 298 g/mol. The summed E-state index contributed by atoms with van der Waals surface area (Å²) in [5.74, 6) is -1.21. The van der Waals surface area contributed by atoms with Crippen LogP contribution in [0, 0.1) is 0 Å². The Morgan fingerprint density at radius 2 is 2.10 bits per heavy atom. The van der Waals surface area contributed by atoms with Crippen LogP contribution >= 0.6 is 0 Å². The molecule has 1 aromatic heterocycles. The van der Waals surface area contributed by atoms with Gasteiger partial charge in [-0.15, -0.1) is 0 Å². The molecule has 0 aromatic carbocycles. The van der Waals surface area contributed by atoms with E-state index >= 15 is 0 Å². The van der Waals surface area contributed by atoms with Gasteiger partial charge in [-0.1, -0.05) is 0 Å². The van der Waals surface area contributed by atoms with E-state index in [1.54, 1.807) is 7.05 Å². The Bertz CT molecular complexity index is 679. The van der Waals surface area contributed by atoms with E-state index in [0.29, 0.717) is 19.4 Å². The van der Waals surface area contributed by atoms with Gasteiger partial charge in [0.1, 0.15) is 10.6 Å². The molecule has 1 aliphatic heterocycles. The molecule has 2 N–H and O–H groups in total. The second-order valence-electron chi connectivity index (χ2n) is 5.11. The van der Waals surface area contributed by atoms with E-state index in [2.05, 4.69) is 4.72 Å². The van der Waals surface area contributed by atoms with Crippen LogP contribution in [0.2, 0.25) is 0 Å². The Morgan fingerprint density at radius 1 is 1.43 bits per heavy atom. The van der Waals surface area contributed by atoms with Crippen molar-refractivity contribution in [2.75, 3.05) is 13.6 Å². The molecule has 0 radical (unpaired) electrons. The number of rotatable bonds is 4. The van der Waals surface area contributed by atoms with E-state index in [9.17, 15) is 18.0 Å². The molecule has 0 saturated carbocycles. The first-order chi connectivity index (χ1) is 9.70.